The number of rotatable bonds is 5. The zero-order chi connectivity index (χ0) is 13.8. The summed E-state index contributed by atoms with van der Waals surface area (Å²) >= 11 is 0. The second-order valence-corrected chi connectivity index (χ2v) is 3.79. The van der Waals surface area contributed by atoms with Crippen LogP contribution in [0.5, 0.6) is 0 Å². The van der Waals surface area contributed by atoms with Crippen molar-refractivity contribution in [3.05, 3.63) is 35.4 Å². The van der Waals surface area contributed by atoms with Gasteiger partial charge in [0.1, 0.15) is 11.6 Å². The lowest BCUT2D eigenvalue weighted by Gasteiger charge is -2.22. The second kappa shape index (κ2) is 6.10. The predicted octanol–water partition coefficient (Wildman–Crippen LogP) is 2.32. The Balaban J connectivity index is 2.76. The van der Waals surface area contributed by atoms with Gasteiger partial charge in [-0.2, -0.15) is 13.2 Å². The van der Waals surface area contributed by atoms with Gasteiger partial charge in [-0.25, -0.2) is 8.78 Å². The normalized spacial score (nSPS) is 12.2. The summed E-state index contributed by atoms with van der Waals surface area (Å²) in [6.07, 6.45) is -4.44. The van der Waals surface area contributed by atoms with E-state index in [1.54, 1.807) is 0 Å². The van der Waals surface area contributed by atoms with Crippen molar-refractivity contribution in [3.8, 4) is 0 Å². The van der Waals surface area contributed by atoms with Crippen LogP contribution in [-0.2, 0) is 6.54 Å². The number of nitrogens with zero attached hydrogens (tertiary/aromatic N) is 1. The van der Waals surface area contributed by atoms with Crippen LogP contribution in [0.15, 0.2) is 18.2 Å². The van der Waals surface area contributed by atoms with E-state index in [9.17, 15) is 22.0 Å². The first-order valence-electron chi connectivity index (χ1n) is 5.15. The number of aliphatic hydroxyl groups excluding tert-OH is 1. The molecule has 1 N–H and O–H groups in total. The van der Waals surface area contributed by atoms with Crippen LogP contribution in [0.25, 0.3) is 0 Å². The van der Waals surface area contributed by atoms with E-state index in [-0.39, 0.29) is 18.7 Å². The van der Waals surface area contributed by atoms with Gasteiger partial charge in [-0.3, -0.25) is 4.90 Å². The first-order valence-corrected chi connectivity index (χ1v) is 5.15. The molecule has 2 nitrogen and oxygen atoms in total. The van der Waals surface area contributed by atoms with Crippen molar-refractivity contribution < 1.29 is 27.1 Å². The van der Waals surface area contributed by atoms with Gasteiger partial charge in [0.05, 0.1) is 13.2 Å². The number of hydrogen-bond acceptors (Lipinski definition) is 2. The molecule has 0 fully saturated rings. The van der Waals surface area contributed by atoms with Gasteiger partial charge in [-0.15, -0.1) is 0 Å². The number of alkyl halides is 3. The van der Waals surface area contributed by atoms with Gasteiger partial charge < -0.3 is 5.11 Å². The van der Waals surface area contributed by atoms with Gasteiger partial charge in [-0.1, -0.05) is 6.07 Å². The molecule has 0 aromatic heterocycles. The molecule has 1 aromatic carbocycles. The molecule has 0 radical (unpaired) electrons. The Labute approximate surface area is 101 Å². The Kier molecular flexibility index (Phi) is 5.03. The summed E-state index contributed by atoms with van der Waals surface area (Å²) in [6.45, 7) is -2.31. The van der Waals surface area contributed by atoms with Crippen LogP contribution in [0, 0.1) is 11.6 Å². The van der Waals surface area contributed by atoms with Crippen molar-refractivity contribution >= 4 is 0 Å². The summed E-state index contributed by atoms with van der Waals surface area (Å²) in [6, 6.07) is 2.68. The molecular weight excluding hydrogens is 257 g/mol. The van der Waals surface area contributed by atoms with Crippen LogP contribution in [0.2, 0.25) is 0 Å². The van der Waals surface area contributed by atoms with Gasteiger partial charge in [0, 0.05) is 24.7 Å². The maximum atomic E-state index is 13.3. The molecule has 0 unspecified atom stereocenters. The quantitative estimate of drug-likeness (QED) is 0.829. The minimum atomic E-state index is -4.44. The molecule has 0 saturated carbocycles. The molecular formula is C11H12F5NO. The van der Waals surface area contributed by atoms with E-state index < -0.39 is 31.0 Å². The van der Waals surface area contributed by atoms with E-state index in [1.807, 2.05) is 0 Å². The van der Waals surface area contributed by atoms with Crippen molar-refractivity contribution in [1.82, 2.24) is 4.90 Å². The fourth-order valence-corrected chi connectivity index (χ4v) is 1.50. The van der Waals surface area contributed by atoms with Crippen LogP contribution < -0.4 is 0 Å². The summed E-state index contributed by atoms with van der Waals surface area (Å²) in [5.41, 5.74) is -0.0471. The number of hydrogen-bond donors (Lipinski definition) is 1. The maximum Gasteiger partial charge on any atom is 0.401 e. The molecule has 0 spiro atoms. The second-order valence-electron chi connectivity index (χ2n) is 3.79. The fraction of sp³-hybridized carbons (Fsp3) is 0.455. The standard InChI is InChI=1S/C11H12F5NO/c12-9-2-1-8(10(13)5-9)6-17(3-4-18)7-11(14,15)16/h1-2,5,18H,3-4,6-7H2. The van der Waals surface area contributed by atoms with Crippen LogP contribution in [0.4, 0.5) is 22.0 Å². The fourth-order valence-electron chi connectivity index (χ4n) is 1.50. The summed E-state index contributed by atoms with van der Waals surface area (Å²) in [5.74, 6) is -1.69. The van der Waals surface area contributed by atoms with E-state index in [1.165, 1.54) is 0 Å². The zero-order valence-corrected chi connectivity index (χ0v) is 9.34. The first kappa shape index (κ1) is 14.8. The third-order valence-corrected chi connectivity index (χ3v) is 2.23. The van der Waals surface area contributed by atoms with Crippen molar-refractivity contribution in [1.29, 1.82) is 0 Å². The molecule has 0 aliphatic rings. The Bertz CT molecular complexity index is 394. The Hall–Kier alpha value is -1.21. The molecule has 0 aliphatic carbocycles. The highest BCUT2D eigenvalue weighted by Crippen LogP contribution is 2.19. The van der Waals surface area contributed by atoms with Crippen molar-refractivity contribution in [2.45, 2.75) is 12.7 Å². The van der Waals surface area contributed by atoms with Crippen LogP contribution in [-0.4, -0.2) is 35.9 Å². The van der Waals surface area contributed by atoms with Gasteiger partial charge in [0.2, 0.25) is 0 Å². The zero-order valence-electron chi connectivity index (χ0n) is 9.34. The summed E-state index contributed by atoms with van der Waals surface area (Å²) in [4.78, 5) is 0.844. The monoisotopic (exact) mass is 269 g/mol. The first-order chi connectivity index (χ1) is 8.31. The summed E-state index contributed by atoms with van der Waals surface area (Å²) in [5, 5.41) is 8.66. The number of benzene rings is 1. The maximum absolute atomic E-state index is 13.3. The molecule has 1 rings (SSSR count). The third-order valence-electron chi connectivity index (χ3n) is 2.23. The molecule has 0 saturated heterocycles. The van der Waals surface area contributed by atoms with Crippen LogP contribution in [0.3, 0.4) is 0 Å². The van der Waals surface area contributed by atoms with E-state index in [4.69, 9.17) is 5.11 Å². The average Bonchev–Trinajstić information content (AvgIpc) is 2.20. The summed E-state index contributed by atoms with van der Waals surface area (Å²) in [7, 11) is 0. The van der Waals surface area contributed by atoms with Gasteiger partial charge in [0.25, 0.3) is 0 Å². The highest BCUT2D eigenvalue weighted by Gasteiger charge is 2.30. The molecule has 18 heavy (non-hydrogen) atoms. The molecule has 0 heterocycles. The number of halogens is 5. The van der Waals surface area contributed by atoms with E-state index in [0.29, 0.717) is 6.07 Å². The van der Waals surface area contributed by atoms with Crippen LogP contribution >= 0.6 is 0 Å². The summed E-state index contributed by atoms with van der Waals surface area (Å²) < 4.78 is 62.6. The third kappa shape index (κ3) is 4.97. The Morgan fingerprint density at radius 1 is 1.17 bits per heavy atom. The smallest absolute Gasteiger partial charge is 0.395 e. The molecule has 1 aromatic rings. The Morgan fingerprint density at radius 2 is 1.83 bits per heavy atom. The predicted molar refractivity (Wildman–Crippen MR) is 54.8 cm³/mol. The number of aliphatic hydroxyl groups is 1. The lowest BCUT2D eigenvalue weighted by molar-refractivity contribution is -0.148. The van der Waals surface area contributed by atoms with Gasteiger partial charge in [0.15, 0.2) is 0 Å². The van der Waals surface area contributed by atoms with E-state index >= 15 is 0 Å². The SMILES string of the molecule is OCCN(Cc1ccc(F)cc1F)CC(F)(F)F. The molecule has 102 valence electrons. The topological polar surface area (TPSA) is 23.5 Å². The van der Waals surface area contributed by atoms with E-state index in [2.05, 4.69) is 0 Å². The average molecular weight is 269 g/mol. The Morgan fingerprint density at radius 3 is 2.33 bits per heavy atom. The highest BCUT2D eigenvalue weighted by atomic mass is 19.4. The van der Waals surface area contributed by atoms with Gasteiger partial charge in [-0.05, 0) is 6.07 Å². The van der Waals surface area contributed by atoms with Crippen molar-refractivity contribution in [2.24, 2.45) is 0 Å². The van der Waals surface area contributed by atoms with Crippen molar-refractivity contribution in [3.63, 3.8) is 0 Å². The lowest BCUT2D eigenvalue weighted by Crippen LogP contribution is -2.36. The lowest BCUT2D eigenvalue weighted by atomic mass is 10.2. The van der Waals surface area contributed by atoms with Crippen LogP contribution in [0.1, 0.15) is 5.56 Å². The van der Waals surface area contributed by atoms with Gasteiger partial charge >= 0.3 is 6.18 Å². The molecule has 0 atom stereocenters. The minimum Gasteiger partial charge on any atom is -0.395 e. The van der Waals surface area contributed by atoms with Crippen molar-refractivity contribution in [2.75, 3.05) is 19.7 Å². The molecule has 7 heteroatoms. The molecule has 0 bridgehead atoms. The molecule has 0 aliphatic heterocycles. The largest absolute Gasteiger partial charge is 0.401 e. The molecule has 0 amide bonds. The highest BCUT2D eigenvalue weighted by molar-refractivity contribution is 5.18. The minimum absolute atomic E-state index is 0.0471. The van der Waals surface area contributed by atoms with E-state index in [0.717, 1.165) is 17.0 Å².